The Bertz CT molecular complexity index is 983. The van der Waals surface area contributed by atoms with Crippen LogP contribution in [0.15, 0.2) is 16.6 Å². The zero-order valence-corrected chi connectivity index (χ0v) is 19.2. The number of aryl methyl sites for hydroxylation is 1. The van der Waals surface area contributed by atoms with E-state index in [1.807, 2.05) is 12.1 Å². The molecular weight excluding hydrogens is 434 g/mol. The molecule has 2 aromatic heterocycles. The largest absolute Gasteiger partial charge is 0.497 e. The second-order valence-electron chi connectivity index (χ2n) is 7.08. The Morgan fingerprint density at radius 3 is 2.48 bits per heavy atom. The summed E-state index contributed by atoms with van der Waals surface area (Å²) in [5.41, 5.74) is 4.65. The smallest absolute Gasteiger partial charge is 0.160 e. The number of nitrogens with one attached hydrogen (secondary N) is 2. The maximum absolute atomic E-state index is 5.55. The van der Waals surface area contributed by atoms with E-state index in [9.17, 15) is 0 Å². The minimum Gasteiger partial charge on any atom is -0.497 e. The number of H-pyrrole nitrogens is 1. The molecule has 0 atom stereocenters. The van der Waals surface area contributed by atoms with E-state index in [4.69, 9.17) is 14.5 Å². The Balaban J connectivity index is 2.09. The van der Waals surface area contributed by atoms with Gasteiger partial charge in [-0.15, -0.1) is 5.10 Å². The van der Waals surface area contributed by atoms with Crippen LogP contribution in [0.1, 0.15) is 56.7 Å². The van der Waals surface area contributed by atoms with Gasteiger partial charge in [-0.2, -0.15) is 0 Å². The van der Waals surface area contributed by atoms with Crippen molar-refractivity contribution in [3.63, 3.8) is 0 Å². The van der Waals surface area contributed by atoms with E-state index >= 15 is 0 Å². The zero-order valence-electron chi connectivity index (χ0n) is 17.6. The molecule has 156 valence electrons. The number of ether oxygens (including phenoxy) is 2. The lowest BCUT2D eigenvalue weighted by Gasteiger charge is -2.20. The van der Waals surface area contributed by atoms with Crippen LogP contribution in [0.4, 0.5) is 11.5 Å². The fourth-order valence-corrected chi connectivity index (χ4v) is 4.36. The summed E-state index contributed by atoms with van der Waals surface area (Å²) in [6.45, 7) is 6.49. The summed E-state index contributed by atoms with van der Waals surface area (Å²) in [5, 5.41) is 14.9. The van der Waals surface area contributed by atoms with Crippen molar-refractivity contribution < 1.29 is 9.47 Å². The van der Waals surface area contributed by atoms with E-state index in [1.54, 1.807) is 14.2 Å². The molecule has 3 aromatic rings. The summed E-state index contributed by atoms with van der Waals surface area (Å²) in [5.74, 6) is 2.43. The number of benzene rings is 1. The number of aromatic nitrogens is 4. The molecule has 0 aliphatic rings. The molecule has 0 spiro atoms. The van der Waals surface area contributed by atoms with E-state index in [0.29, 0.717) is 23.2 Å². The van der Waals surface area contributed by atoms with Gasteiger partial charge in [0.15, 0.2) is 11.3 Å². The quantitative estimate of drug-likeness (QED) is 0.414. The molecule has 0 unspecified atom stereocenters. The van der Waals surface area contributed by atoms with Crippen molar-refractivity contribution in [2.24, 2.45) is 0 Å². The summed E-state index contributed by atoms with van der Waals surface area (Å²) in [6.07, 6.45) is 4.50. The molecule has 0 aliphatic carbocycles. The highest BCUT2D eigenvalue weighted by Gasteiger charge is 2.22. The molecule has 0 amide bonds. The van der Waals surface area contributed by atoms with Crippen molar-refractivity contribution in [3.8, 4) is 11.5 Å². The molecule has 3 rings (SSSR count). The fourth-order valence-electron chi connectivity index (χ4n) is 3.84. The molecule has 8 heteroatoms. The molecule has 7 nitrogen and oxygen atoms in total. The Kier molecular flexibility index (Phi) is 6.95. The van der Waals surface area contributed by atoms with Gasteiger partial charge < -0.3 is 14.8 Å². The van der Waals surface area contributed by atoms with E-state index < -0.39 is 0 Å². The first kappa shape index (κ1) is 21.4. The van der Waals surface area contributed by atoms with Gasteiger partial charge in [-0.1, -0.05) is 31.9 Å². The molecule has 0 radical (unpaired) electrons. The third-order valence-corrected chi connectivity index (χ3v) is 5.75. The highest BCUT2D eigenvalue weighted by molar-refractivity contribution is 9.10. The lowest BCUT2D eigenvalue weighted by atomic mass is 9.88. The molecule has 0 fully saturated rings. The summed E-state index contributed by atoms with van der Waals surface area (Å²) in [6, 6.07) is 3.71. The standard InChI is InChI=1S/C21H28BrN5O2/c1-6-8-13(9-7-2)17-12(3)23-21(20-19(17)25-27-26-20)24-18-15(22)10-14(28-4)11-16(18)29-5/h10-11,13H,6-9H2,1-5H3,(H,23,24)(H,25,26,27). The molecule has 0 saturated heterocycles. The molecule has 2 N–H and O–H groups in total. The second-order valence-corrected chi connectivity index (χ2v) is 7.93. The van der Waals surface area contributed by atoms with E-state index in [-0.39, 0.29) is 0 Å². The minimum absolute atomic E-state index is 0.443. The normalized spacial score (nSPS) is 11.3. The van der Waals surface area contributed by atoms with Crippen LogP contribution in [0.2, 0.25) is 0 Å². The minimum atomic E-state index is 0.443. The van der Waals surface area contributed by atoms with E-state index in [1.165, 1.54) is 5.56 Å². The van der Waals surface area contributed by atoms with Crippen LogP contribution in [0.5, 0.6) is 11.5 Å². The summed E-state index contributed by atoms with van der Waals surface area (Å²) < 4.78 is 11.7. The highest BCUT2D eigenvalue weighted by Crippen LogP contribution is 2.41. The van der Waals surface area contributed by atoms with Gasteiger partial charge >= 0.3 is 0 Å². The van der Waals surface area contributed by atoms with Gasteiger partial charge in [-0.3, -0.25) is 5.10 Å². The number of hydrogen-bond acceptors (Lipinski definition) is 6. The number of rotatable bonds is 9. The number of halogens is 1. The van der Waals surface area contributed by atoms with Gasteiger partial charge in [0.25, 0.3) is 0 Å². The number of anilines is 2. The van der Waals surface area contributed by atoms with Gasteiger partial charge in [-0.05, 0) is 47.7 Å². The van der Waals surface area contributed by atoms with Crippen LogP contribution in [-0.4, -0.2) is 34.6 Å². The lowest BCUT2D eigenvalue weighted by Crippen LogP contribution is -2.07. The SMILES string of the molecule is CCCC(CCC)c1c(C)nc(Nc2c(Br)cc(OC)cc2OC)c2nn[nH]c12. The predicted molar refractivity (Wildman–Crippen MR) is 120 cm³/mol. The van der Waals surface area contributed by atoms with Crippen molar-refractivity contribution in [2.45, 2.75) is 52.4 Å². The Morgan fingerprint density at radius 2 is 1.86 bits per heavy atom. The Morgan fingerprint density at radius 1 is 1.14 bits per heavy atom. The van der Waals surface area contributed by atoms with Gasteiger partial charge in [0.05, 0.1) is 25.4 Å². The number of fused-ring (bicyclic) bond motifs is 1. The average molecular weight is 462 g/mol. The monoisotopic (exact) mass is 461 g/mol. The maximum atomic E-state index is 5.55. The first-order valence-electron chi connectivity index (χ1n) is 9.93. The summed E-state index contributed by atoms with van der Waals surface area (Å²) in [7, 11) is 3.25. The Hall–Kier alpha value is -2.35. The topological polar surface area (TPSA) is 85.0 Å². The maximum Gasteiger partial charge on any atom is 0.160 e. The highest BCUT2D eigenvalue weighted by atomic mass is 79.9. The first-order chi connectivity index (χ1) is 14.0. The number of methoxy groups -OCH3 is 2. The molecule has 1 aromatic carbocycles. The number of aromatic amines is 1. The van der Waals surface area contributed by atoms with Gasteiger partial charge in [0.1, 0.15) is 11.5 Å². The van der Waals surface area contributed by atoms with E-state index in [0.717, 1.165) is 52.6 Å². The molecule has 0 aliphatic heterocycles. The lowest BCUT2D eigenvalue weighted by molar-refractivity contribution is 0.395. The molecule has 0 saturated carbocycles. The fraction of sp³-hybridized carbons (Fsp3) is 0.476. The zero-order chi connectivity index (χ0) is 21.0. The van der Waals surface area contributed by atoms with Crippen LogP contribution in [0.3, 0.4) is 0 Å². The average Bonchev–Trinajstić information content (AvgIpc) is 3.19. The summed E-state index contributed by atoms with van der Waals surface area (Å²) >= 11 is 3.60. The third-order valence-electron chi connectivity index (χ3n) is 5.12. The van der Waals surface area contributed by atoms with Crippen LogP contribution in [0, 0.1) is 6.92 Å². The number of pyridine rings is 1. The molecular formula is C21H28BrN5O2. The first-order valence-corrected chi connectivity index (χ1v) is 10.7. The second kappa shape index (κ2) is 9.43. The van der Waals surface area contributed by atoms with Crippen molar-refractivity contribution >= 4 is 38.5 Å². The van der Waals surface area contributed by atoms with Crippen LogP contribution in [-0.2, 0) is 0 Å². The van der Waals surface area contributed by atoms with Crippen LogP contribution >= 0.6 is 15.9 Å². The number of nitrogens with zero attached hydrogens (tertiary/aromatic N) is 3. The van der Waals surface area contributed by atoms with Gasteiger partial charge in [0, 0.05) is 21.8 Å². The van der Waals surface area contributed by atoms with Crippen molar-refractivity contribution in [2.75, 3.05) is 19.5 Å². The van der Waals surface area contributed by atoms with Gasteiger partial charge in [0.2, 0.25) is 0 Å². The van der Waals surface area contributed by atoms with Crippen molar-refractivity contribution in [1.82, 2.24) is 20.4 Å². The third kappa shape index (κ3) is 4.32. The van der Waals surface area contributed by atoms with Crippen LogP contribution < -0.4 is 14.8 Å². The van der Waals surface area contributed by atoms with Crippen molar-refractivity contribution in [1.29, 1.82) is 0 Å². The van der Waals surface area contributed by atoms with Crippen molar-refractivity contribution in [3.05, 3.63) is 27.9 Å². The van der Waals surface area contributed by atoms with Crippen LogP contribution in [0.25, 0.3) is 11.0 Å². The molecule has 2 heterocycles. The molecule has 0 bridgehead atoms. The molecule has 29 heavy (non-hydrogen) atoms. The summed E-state index contributed by atoms with van der Waals surface area (Å²) in [4.78, 5) is 4.87. The van der Waals surface area contributed by atoms with Gasteiger partial charge in [-0.25, -0.2) is 4.98 Å². The predicted octanol–water partition coefficient (Wildman–Crippen LogP) is 5.87. The Labute approximate surface area is 179 Å². The van der Waals surface area contributed by atoms with E-state index in [2.05, 4.69) is 57.4 Å². The number of hydrogen-bond donors (Lipinski definition) is 2.